The molecule has 0 aliphatic rings. The number of aromatic nitrogens is 2. The largest absolute Gasteiger partial charge is 0.370 e. The number of halogens is 1. The predicted molar refractivity (Wildman–Crippen MR) is 91.4 cm³/mol. The number of nitrogens with one attached hydrogen (secondary N) is 2. The zero-order chi connectivity index (χ0) is 15.1. The van der Waals surface area contributed by atoms with Gasteiger partial charge in [-0.25, -0.2) is 9.97 Å². The van der Waals surface area contributed by atoms with E-state index in [2.05, 4.69) is 27.5 Å². The molecule has 0 aliphatic carbocycles. The van der Waals surface area contributed by atoms with Gasteiger partial charge in [0.05, 0.1) is 0 Å². The average Bonchev–Trinajstić information content (AvgIpc) is 2.51. The second-order valence-electron chi connectivity index (χ2n) is 4.54. The quantitative estimate of drug-likeness (QED) is 0.588. The normalized spacial score (nSPS) is 10.4. The summed E-state index contributed by atoms with van der Waals surface area (Å²) in [7, 11) is 0. The van der Waals surface area contributed by atoms with Gasteiger partial charge in [-0.05, 0) is 30.4 Å². The van der Waals surface area contributed by atoms with Crippen LogP contribution in [0.4, 0.5) is 11.6 Å². The summed E-state index contributed by atoms with van der Waals surface area (Å²) in [6, 6.07) is 9.72. The summed E-state index contributed by atoms with van der Waals surface area (Å²) < 4.78 is 0. The van der Waals surface area contributed by atoms with E-state index in [1.165, 1.54) is 11.8 Å². The fraction of sp³-hybridized carbons (Fsp3) is 0.333. The maximum atomic E-state index is 5.99. The number of benzene rings is 1. The van der Waals surface area contributed by atoms with Gasteiger partial charge >= 0.3 is 0 Å². The molecule has 0 saturated heterocycles. The standard InChI is InChI=1S/C15H19ClN4S/c1-3-7-17-13-9-14(20-15(19-13)21-2)18-10-11-5-4-6-12(16)8-11/h4-6,8-9H,3,7,10H2,1-2H3,(H2,17,18,19,20). The van der Waals surface area contributed by atoms with E-state index in [4.69, 9.17) is 11.6 Å². The molecule has 1 aromatic carbocycles. The molecule has 0 spiro atoms. The van der Waals surface area contributed by atoms with Gasteiger partial charge < -0.3 is 10.6 Å². The second-order valence-corrected chi connectivity index (χ2v) is 5.75. The lowest BCUT2D eigenvalue weighted by atomic mass is 10.2. The molecule has 0 aliphatic heterocycles. The van der Waals surface area contributed by atoms with Gasteiger partial charge in [-0.1, -0.05) is 42.4 Å². The van der Waals surface area contributed by atoms with E-state index in [1.807, 2.05) is 36.6 Å². The Morgan fingerprint density at radius 1 is 1.14 bits per heavy atom. The Morgan fingerprint density at radius 3 is 2.57 bits per heavy atom. The smallest absolute Gasteiger partial charge is 0.191 e. The minimum Gasteiger partial charge on any atom is -0.370 e. The molecule has 6 heteroatoms. The molecule has 0 unspecified atom stereocenters. The summed E-state index contributed by atoms with van der Waals surface area (Å²) in [4.78, 5) is 8.90. The first kappa shape index (κ1) is 15.9. The van der Waals surface area contributed by atoms with Crippen LogP contribution in [0.15, 0.2) is 35.5 Å². The Morgan fingerprint density at radius 2 is 1.90 bits per heavy atom. The van der Waals surface area contributed by atoms with Crippen LogP contribution in [0.1, 0.15) is 18.9 Å². The molecule has 2 N–H and O–H groups in total. The van der Waals surface area contributed by atoms with Crippen molar-refractivity contribution in [3.05, 3.63) is 40.9 Å². The van der Waals surface area contributed by atoms with Crippen molar-refractivity contribution in [2.24, 2.45) is 0 Å². The van der Waals surface area contributed by atoms with Crippen LogP contribution in [0.3, 0.4) is 0 Å². The summed E-state index contributed by atoms with van der Waals surface area (Å²) in [5, 5.41) is 8.10. The Labute approximate surface area is 134 Å². The van der Waals surface area contributed by atoms with Gasteiger partial charge in [0.15, 0.2) is 5.16 Å². The summed E-state index contributed by atoms with van der Waals surface area (Å²) in [5.41, 5.74) is 1.12. The highest BCUT2D eigenvalue weighted by molar-refractivity contribution is 7.98. The molecule has 0 saturated carbocycles. The van der Waals surface area contributed by atoms with E-state index in [9.17, 15) is 0 Å². The number of hydrogen-bond acceptors (Lipinski definition) is 5. The third-order valence-corrected chi connectivity index (χ3v) is 3.59. The van der Waals surface area contributed by atoms with E-state index in [0.29, 0.717) is 6.54 Å². The Kier molecular flexibility index (Phi) is 6.14. The minimum absolute atomic E-state index is 0.679. The lowest BCUT2D eigenvalue weighted by Gasteiger charge is -2.10. The number of nitrogens with zero attached hydrogens (tertiary/aromatic N) is 2. The SMILES string of the molecule is CCCNc1cc(NCc2cccc(Cl)c2)nc(SC)n1. The fourth-order valence-electron chi connectivity index (χ4n) is 1.79. The molecule has 2 rings (SSSR count). The first-order chi connectivity index (χ1) is 10.2. The van der Waals surface area contributed by atoms with Crippen LogP contribution in [-0.4, -0.2) is 22.8 Å². The van der Waals surface area contributed by atoms with Crippen LogP contribution in [0.5, 0.6) is 0 Å². The van der Waals surface area contributed by atoms with Crippen molar-refractivity contribution in [1.82, 2.24) is 9.97 Å². The van der Waals surface area contributed by atoms with Gasteiger partial charge in [0.1, 0.15) is 11.6 Å². The zero-order valence-corrected chi connectivity index (χ0v) is 13.8. The predicted octanol–water partition coefficient (Wildman–Crippen LogP) is 4.29. The van der Waals surface area contributed by atoms with Crippen molar-refractivity contribution in [2.45, 2.75) is 25.0 Å². The molecule has 112 valence electrons. The molecule has 0 radical (unpaired) electrons. The Hall–Kier alpha value is -1.46. The molecule has 0 fully saturated rings. The van der Waals surface area contributed by atoms with E-state index >= 15 is 0 Å². The topological polar surface area (TPSA) is 49.8 Å². The van der Waals surface area contributed by atoms with Crippen molar-refractivity contribution in [3.8, 4) is 0 Å². The van der Waals surface area contributed by atoms with Crippen LogP contribution in [0, 0.1) is 0 Å². The first-order valence-corrected chi connectivity index (χ1v) is 8.46. The number of thioether (sulfide) groups is 1. The first-order valence-electron chi connectivity index (χ1n) is 6.86. The third-order valence-electron chi connectivity index (χ3n) is 2.81. The van der Waals surface area contributed by atoms with Crippen LogP contribution in [0.25, 0.3) is 0 Å². The van der Waals surface area contributed by atoms with Crippen molar-refractivity contribution in [3.63, 3.8) is 0 Å². The maximum Gasteiger partial charge on any atom is 0.191 e. The Balaban J connectivity index is 2.07. The molecule has 0 atom stereocenters. The van der Waals surface area contributed by atoms with Gasteiger partial charge in [0, 0.05) is 24.2 Å². The monoisotopic (exact) mass is 322 g/mol. The third kappa shape index (κ3) is 5.10. The van der Waals surface area contributed by atoms with Gasteiger partial charge in [0.25, 0.3) is 0 Å². The average molecular weight is 323 g/mol. The van der Waals surface area contributed by atoms with Crippen LogP contribution >= 0.6 is 23.4 Å². The summed E-state index contributed by atoms with van der Waals surface area (Å²) in [6.45, 7) is 3.71. The van der Waals surface area contributed by atoms with Gasteiger partial charge in [0.2, 0.25) is 0 Å². The van der Waals surface area contributed by atoms with E-state index in [1.54, 1.807) is 0 Å². The molecular weight excluding hydrogens is 304 g/mol. The number of hydrogen-bond donors (Lipinski definition) is 2. The summed E-state index contributed by atoms with van der Waals surface area (Å²) in [5.74, 6) is 1.66. The fourth-order valence-corrected chi connectivity index (χ4v) is 2.38. The Bertz CT molecular complexity index is 592. The lowest BCUT2D eigenvalue weighted by Crippen LogP contribution is -2.07. The van der Waals surface area contributed by atoms with E-state index in [-0.39, 0.29) is 0 Å². The maximum absolute atomic E-state index is 5.99. The molecule has 1 aromatic heterocycles. The van der Waals surface area contributed by atoms with Crippen LogP contribution < -0.4 is 10.6 Å². The number of rotatable bonds is 7. The van der Waals surface area contributed by atoms with Crippen LogP contribution in [0.2, 0.25) is 5.02 Å². The highest BCUT2D eigenvalue weighted by Gasteiger charge is 2.04. The van der Waals surface area contributed by atoms with Gasteiger partial charge in [-0.3, -0.25) is 0 Å². The highest BCUT2D eigenvalue weighted by atomic mass is 35.5. The van der Waals surface area contributed by atoms with Gasteiger partial charge in [-0.2, -0.15) is 0 Å². The summed E-state index contributed by atoms with van der Waals surface area (Å²) in [6.07, 6.45) is 3.03. The van der Waals surface area contributed by atoms with Crippen molar-refractivity contribution in [2.75, 3.05) is 23.4 Å². The van der Waals surface area contributed by atoms with E-state index < -0.39 is 0 Å². The van der Waals surface area contributed by atoms with Crippen LogP contribution in [-0.2, 0) is 6.54 Å². The van der Waals surface area contributed by atoms with Crippen molar-refractivity contribution >= 4 is 35.0 Å². The lowest BCUT2D eigenvalue weighted by molar-refractivity contribution is 0.922. The van der Waals surface area contributed by atoms with E-state index in [0.717, 1.165) is 40.3 Å². The molecule has 4 nitrogen and oxygen atoms in total. The minimum atomic E-state index is 0.679. The second kappa shape index (κ2) is 8.10. The highest BCUT2D eigenvalue weighted by Crippen LogP contribution is 2.18. The van der Waals surface area contributed by atoms with Gasteiger partial charge in [-0.15, -0.1) is 0 Å². The molecular formula is C15H19ClN4S. The molecule has 21 heavy (non-hydrogen) atoms. The van der Waals surface area contributed by atoms with Crippen molar-refractivity contribution < 1.29 is 0 Å². The molecule has 2 aromatic rings. The zero-order valence-electron chi connectivity index (χ0n) is 12.2. The molecule has 0 bridgehead atoms. The summed E-state index contributed by atoms with van der Waals surface area (Å²) >= 11 is 7.52. The molecule has 1 heterocycles. The van der Waals surface area contributed by atoms with Crippen molar-refractivity contribution in [1.29, 1.82) is 0 Å². The number of anilines is 2. The molecule has 0 amide bonds.